The van der Waals surface area contributed by atoms with Crippen LogP contribution in [0.5, 0.6) is 0 Å². The van der Waals surface area contributed by atoms with E-state index in [0.29, 0.717) is 6.54 Å². The first kappa shape index (κ1) is 13.7. The van der Waals surface area contributed by atoms with Crippen molar-refractivity contribution in [1.82, 2.24) is 25.3 Å². The number of para-hydroxylation sites is 1. The van der Waals surface area contributed by atoms with Crippen LogP contribution in [0, 0.1) is 0 Å². The molecule has 0 saturated carbocycles. The number of hydrogen-bond acceptors (Lipinski definition) is 4. The van der Waals surface area contributed by atoms with Crippen molar-refractivity contribution in [2.75, 3.05) is 0 Å². The predicted octanol–water partition coefficient (Wildman–Crippen LogP) is 0.886. The van der Waals surface area contributed by atoms with E-state index in [0.717, 1.165) is 11.3 Å². The van der Waals surface area contributed by atoms with Crippen LogP contribution in [0.15, 0.2) is 59.7 Å². The number of carbonyl (C=O) groups excluding carboxylic acids is 1. The van der Waals surface area contributed by atoms with Crippen molar-refractivity contribution in [3.05, 3.63) is 76.5 Å². The third kappa shape index (κ3) is 3.09. The molecular weight excluding hydrogens is 282 g/mol. The van der Waals surface area contributed by atoms with Gasteiger partial charge in [0.1, 0.15) is 5.69 Å². The summed E-state index contributed by atoms with van der Waals surface area (Å²) in [5.41, 5.74) is 1.62. The molecule has 1 aromatic carbocycles. The fourth-order valence-corrected chi connectivity index (χ4v) is 1.92. The molecule has 2 heterocycles. The van der Waals surface area contributed by atoms with Crippen LogP contribution in [0.4, 0.5) is 0 Å². The van der Waals surface area contributed by atoms with Crippen molar-refractivity contribution in [2.45, 2.75) is 6.54 Å². The molecule has 0 fully saturated rings. The van der Waals surface area contributed by atoms with Gasteiger partial charge in [0.2, 0.25) is 0 Å². The maximum atomic E-state index is 11.9. The molecule has 3 rings (SSSR count). The quantitative estimate of drug-likeness (QED) is 0.747. The Morgan fingerprint density at radius 3 is 2.73 bits per heavy atom. The van der Waals surface area contributed by atoms with Crippen molar-refractivity contribution in [1.29, 1.82) is 0 Å². The first-order chi connectivity index (χ1) is 10.7. The van der Waals surface area contributed by atoms with E-state index in [1.807, 2.05) is 36.5 Å². The lowest BCUT2D eigenvalue weighted by atomic mass is 10.3. The van der Waals surface area contributed by atoms with E-state index in [9.17, 15) is 9.59 Å². The van der Waals surface area contributed by atoms with Gasteiger partial charge in [-0.05, 0) is 18.2 Å². The first-order valence-electron chi connectivity index (χ1n) is 6.65. The minimum atomic E-state index is -0.358. The van der Waals surface area contributed by atoms with Crippen molar-refractivity contribution in [3.8, 4) is 5.69 Å². The molecule has 7 nitrogen and oxygen atoms in total. The number of H-pyrrole nitrogens is 1. The number of amides is 1. The minimum Gasteiger partial charge on any atom is -0.346 e. The third-order valence-electron chi connectivity index (χ3n) is 3.02. The Morgan fingerprint density at radius 2 is 2.00 bits per heavy atom. The van der Waals surface area contributed by atoms with Crippen molar-refractivity contribution < 1.29 is 4.79 Å². The monoisotopic (exact) mass is 295 g/mol. The Labute approximate surface area is 125 Å². The molecule has 0 aliphatic rings. The fourth-order valence-electron chi connectivity index (χ4n) is 1.92. The number of benzene rings is 1. The minimum absolute atomic E-state index is 0.162. The van der Waals surface area contributed by atoms with E-state index < -0.39 is 0 Å². The van der Waals surface area contributed by atoms with Gasteiger partial charge in [-0.1, -0.05) is 18.2 Å². The SMILES string of the molecule is O=C(NCc1cnn(-c2ccccc2)c1)c1ccc(=O)[nH]n1. The van der Waals surface area contributed by atoms with Gasteiger partial charge < -0.3 is 5.32 Å². The maximum Gasteiger partial charge on any atom is 0.271 e. The number of aromatic nitrogens is 4. The fraction of sp³-hybridized carbons (Fsp3) is 0.0667. The standard InChI is InChI=1S/C15H13N5O2/c21-14-7-6-13(18-19-14)15(22)16-8-11-9-17-20(10-11)12-4-2-1-3-5-12/h1-7,9-10H,8H2,(H,16,22)(H,19,21). The van der Waals surface area contributed by atoms with Gasteiger partial charge in [0, 0.05) is 24.4 Å². The number of nitrogens with one attached hydrogen (secondary N) is 2. The normalized spacial score (nSPS) is 10.4. The third-order valence-corrected chi connectivity index (χ3v) is 3.02. The summed E-state index contributed by atoms with van der Waals surface area (Å²) < 4.78 is 1.74. The van der Waals surface area contributed by atoms with Gasteiger partial charge in [0.25, 0.3) is 11.5 Å². The summed E-state index contributed by atoms with van der Waals surface area (Å²) >= 11 is 0. The van der Waals surface area contributed by atoms with Gasteiger partial charge >= 0.3 is 0 Å². The molecular formula is C15H13N5O2. The van der Waals surface area contributed by atoms with Crippen molar-refractivity contribution in [2.24, 2.45) is 0 Å². The summed E-state index contributed by atoms with van der Waals surface area (Å²) in [5, 5.41) is 12.9. The molecule has 0 radical (unpaired) electrons. The van der Waals surface area contributed by atoms with E-state index in [2.05, 4.69) is 20.6 Å². The second-order valence-corrected chi connectivity index (χ2v) is 4.62. The molecule has 0 atom stereocenters. The van der Waals surface area contributed by atoms with Crippen LogP contribution in [-0.2, 0) is 6.54 Å². The second-order valence-electron chi connectivity index (χ2n) is 4.62. The predicted molar refractivity (Wildman–Crippen MR) is 79.6 cm³/mol. The molecule has 0 aliphatic heterocycles. The molecule has 0 unspecified atom stereocenters. The Kier molecular flexibility index (Phi) is 3.78. The van der Waals surface area contributed by atoms with Gasteiger partial charge in [-0.3, -0.25) is 9.59 Å². The van der Waals surface area contributed by atoms with Gasteiger partial charge in [0.05, 0.1) is 11.9 Å². The van der Waals surface area contributed by atoms with E-state index in [1.54, 1.807) is 10.9 Å². The zero-order chi connectivity index (χ0) is 15.4. The van der Waals surface area contributed by atoms with Gasteiger partial charge in [-0.2, -0.15) is 10.2 Å². The van der Waals surface area contributed by atoms with Crippen molar-refractivity contribution >= 4 is 5.91 Å². The molecule has 110 valence electrons. The Bertz CT molecular complexity index is 818. The largest absolute Gasteiger partial charge is 0.346 e. The summed E-state index contributed by atoms with van der Waals surface area (Å²) in [7, 11) is 0. The molecule has 0 bridgehead atoms. The van der Waals surface area contributed by atoms with Crippen LogP contribution in [-0.4, -0.2) is 25.9 Å². The summed E-state index contributed by atoms with van der Waals surface area (Å²) in [6.45, 7) is 0.326. The van der Waals surface area contributed by atoms with Crippen LogP contribution in [0.3, 0.4) is 0 Å². The molecule has 0 aliphatic carbocycles. The molecule has 0 spiro atoms. The van der Waals surface area contributed by atoms with Crippen LogP contribution in [0.1, 0.15) is 16.1 Å². The summed E-state index contributed by atoms with van der Waals surface area (Å²) in [6.07, 6.45) is 3.53. The number of rotatable bonds is 4. The highest BCUT2D eigenvalue weighted by Crippen LogP contribution is 2.07. The number of hydrogen-bond donors (Lipinski definition) is 2. The first-order valence-corrected chi connectivity index (χ1v) is 6.65. The molecule has 7 heteroatoms. The number of nitrogens with zero attached hydrogens (tertiary/aromatic N) is 3. The van der Waals surface area contributed by atoms with Gasteiger partial charge in [-0.25, -0.2) is 9.78 Å². The van der Waals surface area contributed by atoms with Crippen LogP contribution < -0.4 is 10.9 Å². The lowest BCUT2D eigenvalue weighted by Gasteiger charge is -2.02. The molecule has 22 heavy (non-hydrogen) atoms. The number of carbonyl (C=O) groups is 1. The molecule has 2 aromatic heterocycles. The Morgan fingerprint density at radius 1 is 1.18 bits per heavy atom. The highest BCUT2D eigenvalue weighted by molar-refractivity contribution is 5.91. The van der Waals surface area contributed by atoms with E-state index in [-0.39, 0.29) is 17.2 Å². The van der Waals surface area contributed by atoms with E-state index in [1.165, 1.54) is 12.1 Å². The lowest BCUT2D eigenvalue weighted by molar-refractivity contribution is 0.0945. The Hall–Kier alpha value is -3.22. The summed E-state index contributed by atoms with van der Waals surface area (Å²) in [5.74, 6) is -0.358. The second kappa shape index (κ2) is 6.04. The number of aromatic amines is 1. The van der Waals surface area contributed by atoms with E-state index >= 15 is 0 Å². The van der Waals surface area contributed by atoms with Crippen LogP contribution in [0.2, 0.25) is 0 Å². The van der Waals surface area contributed by atoms with E-state index in [4.69, 9.17) is 0 Å². The summed E-state index contributed by atoms with van der Waals surface area (Å²) in [6, 6.07) is 12.3. The zero-order valence-electron chi connectivity index (χ0n) is 11.6. The van der Waals surface area contributed by atoms with Gasteiger partial charge in [0.15, 0.2) is 0 Å². The Balaban J connectivity index is 1.65. The maximum absolute atomic E-state index is 11.9. The van der Waals surface area contributed by atoms with Crippen LogP contribution in [0.25, 0.3) is 5.69 Å². The van der Waals surface area contributed by atoms with Crippen molar-refractivity contribution in [3.63, 3.8) is 0 Å². The smallest absolute Gasteiger partial charge is 0.271 e. The molecule has 0 saturated heterocycles. The zero-order valence-corrected chi connectivity index (χ0v) is 11.6. The average molecular weight is 295 g/mol. The molecule has 2 N–H and O–H groups in total. The molecule has 1 amide bonds. The lowest BCUT2D eigenvalue weighted by Crippen LogP contribution is -2.25. The van der Waals surface area contributed by atoms with Crippen LogP contribution >= 0.6 is 0 Å². The highest BCUT2D eigenvalue weighted by Gasteiger charge is 2.08. The summed E-state index contributed by atoms with van der Waals surface area (Å²) in [4.78, 5) is 22.8. The average Bonchev–Trinajstić information content (AvgIpc) is 3.03. The van der Waals surface area contributed by atoms with Gasteiger partial charge in [-0.15, -0.1) is 0 Å². The topological polar surface area (TPSA) is 92.7 Å². The highest BCUT2D eigenvalue weighted by atomic mass is 16.2. The molecule has 3 aromatic rings.